The Morgan fingerprint density at radius 1 is 0.962 bits per heavy atom. The molecule has 0 aliphatic heterocycles. The highest BCUT2D eigenvalue weighted by atomic mass is 16.2. The number of nitrogens with one attached hydrogen (secondary N) is 3. The van der Waals surface area contributed by atoms with Crippen molar-refractivity contribution in [1.29, 1.82) is 0 Å². The first-order chi connectivity index (χ1) is 12.7. The van der Waals surface area contributed by atoms with Gasteiger partial charge in [0.25, 0.3) is 5.56 Å². The Labute approximate surface area is 148 Å². The number of hydrazine groups is 1. The van der Waals surface area contributed by atoms with E-state index in [1.54, 1.807) is 24.3 Å². The topological polar surface area (TPSA) is 99.8 Å². The van der Waals surface area contributed by atoms with E-state index in [9.17, 15) is 9.59 Å². The van der Waals surface area contributed by atoms with Crippen molar-refractivity contribution in [3.63, 3.8) is 0 Å². The third kappa shape index (κ3) is 3.10. The van der Waals surface area contributed by atoms with Gasteiger partial charge in [-0.25, -0.2) is 10.1 Å². The lowest BCUT2D eigenvalue weighted by Crippen LogP contribution is -2.31. The van der Waals surface area contributed by atoms with Crippen molar-refractivity contribution in [3.05, 3.63) is 76.7 Å². The van der Waals surface area contributed by atoms with E-state index < -0.39 is 0 Å². The minimum atomic E-state index is -0.287. The molecule has 0 radical (unpaired) electrons. The smallest absolute Gasteiger partial charge is 0.272 e. The summed E-state index contributed by atoms with van der Waals surface area (Å²) in [5, 5.41) is 8.62. The van der Waals surface area contributed by atoms with Crippen molar-refractivity contribution in [1.82, 2.24) is 20.6 Å². The van der Waals surface area contributed by atoms with Crippen molar-refractivity contribution < 1.29 is 4.79 Å². The Balaban J connectivity index is 1.49. The van der Waals surface area contributed by atoms with Crippen LogP contribution in [0, 0.1) is 0 Å². The van der Waals surface area contributed by atoms with Crippen molar-refractivity contribution >= 4 is 33.4 Å². The molecule has 7 nitrogen and oxygen atoms in total. The summed E-state index contributed by atoms with van der Waals surface area (Å²) in [5.41, 5.74) is 6.48. The lowest BCUT2D eigenvalue weighted by Gasteiger charge is -2.09. The van der Waals surface area contributed by atoms with E-state index in [1.807, 2.05) is 36.4 Å². The van der Waals surface area contributed by atoms with Gasteiger partial charge in [-0.2, -0.15) is 5.10 Å². The molecule has 2 aromatic heterocycles. The van der Waals surface area contributed by atoms with Gasteiger partial charge in [-0.3, -0.25) is 20.4 Å². The van der Waals surface area contributed by atoms with Crippen LogP contribution in [0.15, 0.2) is 65.5 Å². The predicted octanol–water partition coefficient (Wildman–Crippen LogP) is 2.16. The third-order valence-electron chi connectivity index (χ3n) is 4.03. The third-order valence-corrected chi connectivity index (χ3v) is 4.03. The van der Waals surface area contributed by atoms with E-state index in [0.29, 0.717) is 22.3 Å². The van der Waals surface area contributed by atoms with Crippen LogP contribution in [-0.4, -0.2) is 21.1 Å². The summed E-state index contributed by atoms with van der Waals surface area (Å²) in [6, 6.07) is 18.5. The monoisotopic (exact) mass is 345 g/mol. The van der Waals surface area contributed by atoms with E-state index in [4.69, 9.17) is 0 Å². The Morgan fingerprint density at radius 2 is 1.73 bits per heavy atom. The van der Waals surface area contributed by atoms with Gasteiger partial charge in [-0.05, 0) is 24.3 Å². The zero-order chi connectivity index (χ0) is 17.9. The Morgan fingerprint density at radius 3 is 2.62 bits per heavy atom. The van der Waals surface area contributed by atoms with Gasteiger partial charge in [0, 0.05) is 10.8 Å². The molecule has 0 unspecified atom stereocenters. The number of pyridine rings is 1. The average Bonchev–Trinajstić information content (AvgIpc) is 2.68. The quantitative estimate of drug-likeness (QED) is 0.492. The highest BCUT2D eigenvalue weighted by molar-refractivity contribution is 5.88. The van der Waals surface area contributed by atoms with Gasteiger partial charge in [0.05, 0.1) is 23.0 Å². The number of carbonyl (C=O) groups is 1. The first-order valence-corrected chi connectivity index (χ1v) is 8.08. The maximum Gasteiger partial charge on any atom is 0.272 e. The van der Waals surface area contributed by atoms with Gasteiger partial charge in [-0.15, -0.1) is 0 Å². The molecule has 4 aromatic rings. The highest BCUT2D eigenvalue weighted by Crippen LogP contribution is 2.14. The zero-order valence-electron chi connectivity index (χ0n) is 13.7. The molecule has 0 saturated carbocycles. The Hall–Kier alpha value is -3.74. The number of rotatable bonds is 4. The normalized spacial score (nSPS) is 10.8. The molecule has 0 bridgehead atoms. The molecular formula is C19H15N5O2. The number of aromatic nitrogens is 3. The summed E-state index contributed by atoms with van der Waals surface area (Å²) in [4.78, 5) is 28.5. The summed E-state index contributed by atoms with van der Waals surface area (Å²) in [5.74, 6) is 0.251. The SMILES string of the molecule is O=C(Cc1n[nH]c(=O)c2ccccc12)NNc1ccc2ccccc2n1. The maximum absolute atomic E-state index is 12.2. The summed E-state index contributed by atoms with van der Waals surface area (Å²) in [7, 11) is 0. The molecule has 0 spiro atoms. The van der Waals surface area contributed by atoms with Gasteiger partial charge in [0.15, 0.2) is 0 Å². The molecule has 0 aliphatic rings. The van der Waals surface area contributed by atoms with E-state index in [0.717, 1.165) is 10.9 Å². The molecule has 3 N–H and O–H groups in total. The lowest BCUT2D eigenvalue weighted by molar-refractivity contribution is -0.120. The first-order valence-electron chi connectivity index (χ1n) is 8.08. The average molecular weight is 345 g/mol. The molecule has 0 saturated heterocycles. The van der Waals surface area contributed by atoms with Gasteiger partial charge < -0.3 is 0 Å². The Bertz CT molecular complexity index is 1170. The standard InChI is InChI=1S/C19H15N5O2/c25-18(11-16-13-6-2-3-7-14(13)19(26)24-21-16)23-22-17-10-9-12-5-1-4-8-15(12)20-17/h1-10H,11H2,(H,20,22)(H,23,25)(H,24,26). The molecule has 1 amide bonds. The van der Waals surface area contributed by atoms with Crippen LogP contribution >= 0.6 is 0 Å². The summed E-state index contributed by atoms with van der Waals surface area (Å²) < 4.78 is 0. The van der Waals surface area contributed by atoms with Crippen molar-refractivity contribution in [2.24, 2.45) is 0 Å². The number of hydrogen-bond acceptors (Lipinski definition) is 5. The van der Waals surface area contributed by atoms with Crippen LogP contribution in [0.25, 0.3) is 21.7 Å². The molecule has 128 valence electrons. The van der Waals surface area contributed by atoms with Gasteiger partial charge >= 0.3 is 0 Å². The molecule has 2 heterocycles. The molecule has 4 rings (SSSR count). The van der Waals surface area contributed by atoms with Crippen LogP contribution in [0.5, 0.6) is 0 Å². The van der Waals surface area contributed by atoms with Crippen LogP contribution in [0.4, 0.5) is 5.82 Å². The minimum Gasteiger partial charge on any atom is -0.282 e. The largest absolute Gasteiger partial charge is 0.282 e. The fraction of sp³-hybridized carbons (Fsp3) is 0.0526. The fourth-order valence-corrected chi connectivity index (χ4v) is 2.77. The number of amides is 1. The van der Waals surface area contributed by atoms with Crippen LogP contribution < -0.4 is 16.4 Å². The van der Waals surface area contributed by atoms with Gasteiger partial charge in [0.2, 0.25) is 5.91 Å². The second-order valence-electron chi connectivity index (χ2n) is 5.78. The second kappa shape index (κ2) is 6.64. The molecule has 7 heteroatoms. The van der Waals surface area contributed by atoms with E-state index in [1.165, 1.54) is 0 Å². The second-order valence-corrected chi connectivity index (χ2v) is 5.78. The van der Waals surface area contributed by atoms with E-state index in [-0.39, 0.29) is 17.9 Å². The molecule has 0 atom stereocenters. The summed E-state index contributed by atoms with van der Waals surface area (Å²) in [6.45, 7) is 0. The number of nitrogens with zero attached hydrogens (tertiary/aromatic N) is 2. The van der Waals surface area contributed by atoms with Gasteiger partial charge in [0.1, 0.15) is 5.82 Å². The molecule has 26 heavy (non-hydrogen) atoms. The maximum atomic E-state index is 12.2. The van der Waals surface area contributed by atoms with E-state index in [2.05, 4.69) is 26.0 Å². The number of carbonyl (C=O) groups excluding carboxylic acids is 1. The van der Waals surface area contributed by atoms with Gasteiger partial charge in [-0.1, -0.05) is 36.4 Å². The number of benzene rings is 2. The molecule has 0 aliphatic carbocycles. The summed E-state index contributed by atoms with van der Waals surface area (Å²) in [6.07, 6.45) is 0.0257. The number of para-hydroxylation sites is 1. The fourth-order valence-electron chi connectivity index (χ4n) is 2.77. The number of hydrogen-bond donors (Lipinski definition) is 3. The van der Waals surface area contributed by atoms with Crippen molar-refractivity contribution in [2.45, 2.75) is 6.42 Å². The molecule has 0 fully saturated rings. The van der Waals surface area contributed by atoms with Crippen molar-refractivity contribution in [2.75, 3.05) is 5.43 Å². The van der Waals surface area contributed by atoms with Crippen molar-refractivity contribution in [3.8, 4) is 0 Å². The van der Waals surface area contributed by atoms with E-state index >= 15 is 0 Å². The Kier molecular flexibility index (Phi) is 4.03. The number of H-pyrrole nitrogens is 1. The minimum absolute atomic E-state index is 0.0257. The predicted molar refractivity (Wildman–Crippen MR) is 99.6 cm³/mol. The van der Waals surface area contributed by atoms with Crippen LogP contribution in [0.3, 0.4) is 0 Å². The number of aromatic amines is 1. The molecular weight excluding hydrogens is 330 g/mol. The highest BCUT2D eigenvalue weighted by Gasteiger charge is 2.10. The zero-order valence-corrected chi connectivity index (χ0v) is 13.7. The lowest BCUT2D eigenvalue weighted by atomic mass is 10.1. The van der Waals surface area contributed by atoms with Crippen LogP contribution in [0.1, 0.15) is 5.69 Å². The number of fused-ring (bicyclic) bond motifs is 2. The first kappa shape index (κ1) is 15.8. The number of anilines is 1. The van der Waals surface area contributed by atoms with Crippen LogP contribution in [0.2, 0.25) is 0 Å². The summed E-state index contributed by atoms with van der Waals surface area (Å²) >= 11 is 0. The molecule has 2 aromatic carbocycles. The van der Waals surface area contributed by atoms with Crippen LogP contribution in [-0.2, 0) is 11.2 Å².